The molecular formula is C13H27N3OSi. The van der Waals surface area contributed by atoms with Crippen molar-refractivity contribution in [3.8, 4) is 0 Å². The van der Waals surface area contributed by atoms with Gasteiger partial charge < -0.3 is 4.74 Å². The second-order valence-corrected chi connectivity index (χ2v) is 10.9. The molecule has 0 amide bonds. The average molecular weight is 269 g/mol. The van der Waals surface area contributed by atoms with Gasteiger partial charge in [0.1, 0.15) is 12.6 Å². The maximum atomic E-state index is 5.64. The number of hydrazone groups is 1. The van der Waals surface area contributed by atoms with Crippen LogP contribution in [-0.2, 0) is 4.74 Å². The van der Waals surface area contributed by atoms with Crippen LogP contribution in [0.15, 0.2) is 22.5 Å². The number of hydrogen-bond donors (Lipinski definition) is 0. The molecular weight excluding hydrogens is 242 g/mol. The second-order valence-electron chi connectivity index (χ2n) is 5.26. The minimum absolute atomic E-state index is 0.411. The van der Waals surface area contributed by atoms with Gasteiger partial charge >= 0.3 is 0 Å². The molecule has 5 heteroatoms. The monoisotopic (exact) mass is 269 g/mol. The molecule has 0 rings (SSSR count). The number of aliphatic imine (C=N–C) groups is 1. The molecule has 0 atom stereocenters. The van der Waals surface area contributed by atoms with Crippen LogP contribution in [0.1, 0.15) is 20.3 Å². The fourth-order valence-corrected chi connectivity index (χ4v) is 1.86. The van der Waals surface area contributed by atoms with Crippen LogP contribution < -0.4 is 0 Å². The predicted molar refractivity (Wildman–Crippen MR) is 82.9 cm³/mol. The highest BCUT2D eigenvalue weighted by Crippen LogP contribution is 2.09. The first-order valence-corrected chi connectivity index (χ1v) is 10.2. The molecule has 0 saturated carbocycles. The van der Waals surface area contributed by atoms with Crippen LogP contribution in [0.3, 0.4) is 0 Å². The Kier molecular flexibility index (Phi) is 8.57. The zero-order valence-corrected chi connectivity index (χ0v) is 13.4. The zero-order chi connectivity index (χ0) is 14.0. The second kappa shape index (κ2) is 9.05. The van der Waals surface area contributed by atoms with E-state index in [1.165, 1.54) is 0 Å². The molecule has 18 heavy (non-hydrogen) atoms. The third-order valence-corrected chi connectivity index (χ3v) is 3.89. The molecule has 4 nitrogen and oxygen atoms in total. The van der Waals surface area contributed by atoms with E-state index in [1.807, 2.05) is 20.1 Å². The topological polar surface area (TPSA) is 37.2 Å². The molecule has 0 saturated heterocycles. The summed E-state index contributed by atoms with van der Waals surface area (Å²) >= 11 is 0. The molecule has 0 aliphatic heterocycles. The summed E-state index contributed by atoms with van der Waals surface area (Å²) in [7, 11) is -1.03. The number of hydrogen-bond acceptors (Lipinski definition) is 4. The molecule has 0 aliphatic rings. The quantitative estimate of drug-likeness (QED) is 0.211. The van der Waals surface area contributed by atoms with E-state index in [0.717, 1.165) is 19.1 Å². The molecule has 0 heterocycles. The summed E-state index contributed by atoms with van der Waals surface area (Å²) in [4.78, 5) is 4.21. The molecule has 0 aromatic rings. The van der Waals surface area contributed by atoms with Gasteiger partial charge in [-0.1, -0.05) is 33.1 Å². The van der Waals surface area contributed by atoms with Crippen LogP contribution in [0.25, 0.3) is 0 Å². The third-order valence-electron chi connectivity index (χ3n) is 2.19. The fourth-order valence-electron chi connectivity index (χ4n) is 1.11. The van der Waals surface area contributed by atoms with Gasteiger partial charge in [-0.3, -0.25) is 0 Å². The van der Waals surface area contributed by atoms with Crippen LogP contribution in [0.2, 0.25) is 25.7 Å². The van der Waals surface area contributed by atoms with E-state index in [0.29, 0.717) is 12.6 Å². The fraction of sp³-hybridized carbons (Fsp3) is 0.692. The van der Waals surface area contributed by atoms with E-state index in [1.54, 1.807) is 11.2 Å². The van der Waals surface area contributed by atoms with Crippen molar-refractivity contribution in [2.24, 2.45) is 10.1 Å². The number of rotatable bonds is 9. The maximum absolute atomic E-state index is 5.64. The predicted octanol–water partition coefficient (Wildman–Crippen LogP) is 3.56. The number of ether oxygens (including phenoxy) is 1. The van der Waals surface area contributed by atoms with E-state index >= 15 is 0 Å². The summed E-state index contributed by atoms with van der Waals surface area (Å²) < 4.78 is 5.64. The van der Waals surface area contributed by atoms with Crippen molar-refractivity contribution in [3.63, 3.8) is 0 Å². The largest absolute Gasteiger partial charge is 0.359 e. The lowest BCUT2D eigenvalue weighted by atomic mass is 10.5. The molecule has 0 unspecified atom stereocenters. The van der Waals surface area contributed by atoms with E-state index in [2.05, 4.69) is 36.3 Å². The molecule has 0 fully saturated rings. The van der Waals surface area contributed by atoms with Gasteiger partial charge in [0.2, 0.25) is 0 Å². The van der Waals surface area contributed by atoms with Gasteiger partial charge in [0.05, 0.1) is 0 Å². The van der Waals surface area contributed by atoms with Crippen molar-refractivity contribution in [1.82, 2.24) is 5.01 Å². The van der Waals surface area contributed by atoms with Crippen molar-refractivity contribution in [1.29, 1.82) is 0 Å². The summed E-state index contributed by atoms with van der Waals surface area (Å²) in [5.41, 5.74) is 0. The lowest BCUT2D eigenvalue weighted by Gasteiger charge is -2.20. The standard InChI is InChI=1S/C13H27N3OSi/c1-7-9-14-13(3)16(15-8-2)12-17-10-11-18(4,5)6/h8-9H,3,7,10-12H2,1-2,4-6H3/b14-9?,15-8-. The Hall–Kier alpha value is -0.943. The SMILES string of the molecule is C=C(N=CCC)N(COCC[Si](C)(C)C)/N=C\C. The highest BCUT2D eigenvalue weighted by molar-refractivity contribution is 6.76. The van der Waals surface area contributed by atoms with Gasteiger partial charge in [-0.15, -0.1) is 0 Å². The summed E-state index contributed by atoms with van der Waals surface area (Å²) in [6.07, 6.45) is 4.43. The van der Waals surface area contributed by atoms with Gasteiger partial charge in [0, 0.05) is 27.1 Å². The molecule has 0 aromatic heterocycles. The van der Waals surface area contributed by atoms with Gasteiger partial charge in [0.15, 0.2) is 0 Å². The normalized spacial score (nSPS) is 12.5. The molecule has 0 N–H and O–H groups in total. The van der Waals surface area contributed by atoms with Crippen molar-refractivity contribution < 1.29 is 4.74 Å². The summed E-state index contributed by atoms with van der Waals surface area (Å²) in [6.45, 7) is 16.0. The molecule has 0 bridgehead atoms. The Morgan fingerprint density at radius 1 is 1.39 bits per heavy atom. The average Bonchev–Trinajstić information content (AvgIpc) is 2.28. The van der Waals surface area contributed by atoms with Crippen LogP contribution in [0.4, 0.5) is 0 Å². The Morgan fingerprint density at radius 3 is 2.56 bits per heavy atom. The van der Waals surface area contributed by atoms with Crippen molar-refractivity contribution >= 4 is 20.5 Å². The highest BCUT2D eigenvalue weighted by atomic mass is 28.3. The molecule has 0 radical (unpaired) electrons. The summed E-state index contributed by atoms with van der Waals surface area (Å²) in [6, 6.07) is 1.15. The molecule has 0 aromatic carbocycles. The van der Waals surface area contributed by atoms with Crippen molar-refractivity contribution in [2.75, 3.05) is 13.3 Å². The number of nitrogens with zero attached hydrogens (tertiary/aromatic N) is 3. The maximum Gasteiger partial charge on any atom is 0.143 e. The van der Waals surface area contributed by atoms with Crippen molar-refractivity contribution in [3.05, 3.63) is 12.4 Å². The Labute approximate surface area is 112 Å². The molecule has 104 valence electrons. The third kappa shape index (κ3) is 9.12. The van der Waals surface area contributed by atoms with E-state index in [-0.39, 0.29) is 0 Å². The Bertz CT molecular complexity index is 295. The molecule has 0 spiro atoms. The lowest BCUT2D eigenvalue weighted by Crippen LogP contribution is -2.24. The first-order valence-electron chi connectivity index (χ1n) is 6.46. The lowest BCUT2D eigenvalue weighted by molar-refractivity contribution is 0.0564. The van der Waals surface area contributed by atoms with Crippen LogP contribution in [-0.4, -0.2) is 38.8 Å². The van der Waals surface area contributed by atoms with Crippen LogP contribution in [0, 0.1) is 0 Å². The van der Waals surface area contributed by atoms with Gasteiger partial charge in [-0.05, 0) is 19.4 Å². The van der Waals surface area contributed by atoms with Crippen LogP contribution >= 0.6 is 0 Å². The first kappa shape index (κ1) is 17.1. The van der Waals surface area contributed by atoms with Gasteiger partial charge in [-0.25, -0.2) is 10.0 Å². The minimum atomic E-state index is -1.03. The zero-order valence-electron chi connectivity index (χ0n) is 12.4. The first-order chi connectivity index (χ1) is 8.40. The van der Waals surface area contributed by atoms with E-state index in [4.69, 9.17) is 4.74 Å². The Morgan fingerprint density at radius 2 is 2.06 bits per heavy atom. The Balaban J connectivity index is 4.13. The van der Waals surface area contributed by atoms with E-state index in [9.17, 15) is 0 Å². The van der Waals surface area contributed by atoms with E-state index < -0.39 is 8.07 Å². The molecule has 0 aliphatic carbocycles. The smallest absolute Gasteiger partial charge is 0.143 e. The van der Waals surface area contributed by atoms with Gasteiger partial charge in [-0.2, -0.15) is 5.10 Å². The van der Waals surface area contributed by atoms with Crippen LogP contribution in [0.5, 0.6) is 0 Å². The highest BCUT2D eigenvalue weighted by Gasteiger charge is 2.12. The summed E-state index contributed by atoms with van der Waals surface area (Å²) in [5.74, 6) is 0.614. The summed E-state index contributed by atoms with van der Waals surface area (Å²) in [5, 5.41) is 5.87. The minimum Gasteiger partial charge on any atom is -0.359 e. The van der Waals surface area contributed by atoms with Gasteiger partial charge in [0.25, 0.3) is 0 Å². The van der Waals surface area contributed by atoms with Crippen molar-refractivity contribution in [2.45, 2.75) is 46.0 Å².